The zero-order valence-electron chi connectivity index (χ0n) is 15.2. The number of nitrogens with one attached hydrogen (secondary N) is 1. The first kappa shape index (κ1) is 19.5. The third-order valence-corrected chi connectivity index (χ3v) is 4.14. The molecule has 0 aromatic heterocycles. The fourth-order valence-electron chi connectivity index (χ4n) is 2.62. The molecule has 2 rings (SSSR count). The van der Waals surface area contributed by atoms with E-state index in [4.69, 9.17) is 15.2 Å². The van der Waals surface area contributed by atoms with E-state index in [1.54, 1.807) is 44.6 Å². The summed E-state index contributed by atoms with van der Waals surface area (Å²) >= 11 is 0. The van der Waals surface area contributed by atoms with Crippen LogP contribution in [0.4, 0.5) is 0 Å². The number of rotatable bonds is 8. The number of ether oxygens (including phenoxy) is 2. The third kappa shape index (κ3) is 4.61. The van der Waals surface area contributed by atoms with Crippen LogP contribution >= 0.6 is 0 Å². The first-order valence-electron chi connectivity index (χ1n) is 8.38. The van der Waals surface area contributed by atoms with Crippen LogP contribution in [-0.2, 0) is 4.74 Å². The third-order valence-electron chi connectivity index (χ3n) is 4.14. The maximum Gasteiger partial charge on any atom is 0.251 e. The van der Waals surface area contributed by atoms with Crippen molar-refractivity contribution >= 4 is 11.8 Å². The molecule has 0 saturated carbocycles. The predicted molar refractivity (Wildman–Crippen MR) is 100 cm³/mol. The molecule has 0 aliphatic rings. The highest BCUT2D eigenvalue weighted by Crippen LogP contribution is 2.31. The number of amides is 2. The first-order chi connectivity index (χ1) is 12.5. The summed E-state index contributed by atoms with van der Waals surface area (Å²) in [5, 5.41) is 2.94. The average Bonchev–Trinajstić information content (AvgIpc) is 2.67. The zero-order valence-corrected chi connectivity index (χ0v) is 15.2. The van der Waals surface area contributed by atoms with E-state index in [1.807, 2.05) is 19.1 Å². The normalized spacial score (nSPS) is 11.7. The van der Waals surface area contributed by atoms with Crippen LogP contribution in [-0.4, -0.2) is 38.7 Å². The van der Waals surface area contributed by atoms with Crippen LogP contribution in [0.2, 0.25) is 0 Å². The number of benzene rings is 2. The number of carbonyl (C=O) groups is 2. The lowest BCUT2D eigenvalue weighted by molar-refractivity contribution is 0.0894. The SMILES string of the molecule is CC[C@@H](COC)NC(=O)c1ccc(-c2cc(C(N)=O)ccc2OC)cc1. The molecule has 0 saturated heterocycles. The summed E-state index contributed by atoms with van der Waals surface area (Å²) in [7, 11) is 3.17. The van der Waals surface area contributed by atoms with E-state index in [-0.39, 0.29) is 11.9 Å². The highest BCUT2D eigenvalue weighted by Gasteiger charge is 2.14. The molecule has 2 aromatic carbocycles. The van der Waals surface area contributed by atoms with Gasteiger partial charge in [0, 0.05) is 23.8 Å². The monoisotopic (exact) mass is 356 g/mol. The molecular weight excluding hydrogens is 332 g/mol. The highest BCUT2D eigenvalue weighted by atomic mass is 16.5. The second-order valence-corrected chi connectivity index (χ2v) is 5.89. The number of hydrogen-bond donors (Lipinski definition) is 2. The van der Waals surface area contributed by atoms with Gasteiger partial charge in [0.2, 0.25) is 5.91 Å². The van der Waals surface area contributed by atoms with Crippen molar-refractivity contribution in [2.24, 2.45) is 5.73 Å². The molecule has 0 heterocycles. The lowest BCUT2D eigenvalue weighted by Gasteiger charge is -2.16. The van der Waals surface area contributed by atoms with E-state index >= 15 is 0 Å². The number of carbonyl (C=O) groups excluding carboxylic acids is 2. The van der Waals surface area contributed by atoms with Gasteiger partial charge in [-0.1, -0.05) is 19.1 Å². The van der Waals surface area contributed by atoms with Gasteiger partial charge in [-0.05, 0) is 42.3 Å². The molecular formula is C20H24N2O4. The van der Waals surface area contributed by atoms with Gasteiger partial charge in [0.05, 0.1) is 19.8 Å². The first-order valence-corrected chi connectivity index (χ1v) is 8.38. The van der Waals surface area contributed by atoms with Crippen molar-refractivity contribution in [3.05, 3.63) is 53.6 Å². The van der Waals surface area contributed by atoms with Crippen LogP contribution in [0.5, 0.6) is 5.75 Å². The molecule has 3 N–H and O–H groups in total. The van der Waals surface area contributed by atoms with E-state index < -0.39 is 5.91 Å². The molecule has 26 heavy (non-hydrogen) atoms. The lowest BCUT2D eigenvalue weighted by atomic mass is 10.00. The fraction of sp³-hybridized carbons (Fsp3) is 0.300. The van der Waals surface area contributed by atoms with E-state index in [2.05, 4.69) is 5.32 Å². The Morgan fingerprint density at radius 1 is 1.08 bits per heavy atom. The van der Waals surface area contributed by atoms with Gasteiger partial charge in [-0.25, -0.2) is 0 Å². The van der Waals surface area contributed by atoms with Crippen LogP contribution < -0.4 is 15.8 Å². The van der Waals surface area contributed by atoms with Crippen LogP contribution in [0.15, 0.2) is 42.5 Å². The van der Waals surface area contributed by atoms with Gasteiger partial charge in [0.1, 0.15) is 5.75 Å². The average molecular weight is 356 g/mol. The summed E-state index contributed by atoms with van der Waals surface area (Å²) in [5.74, 6) is -0.0368. The Labute approximate surface area is 153 Å². The van der Waals surface area contributed by atoms with Gasteiger partial charge >= 0.3 is 0 Å². The molecule has 0 bridgehead atoms. The Morgan fingerprint density at radius 2 is 1.73 bits per heavy atom. The maximum atomic E-state index is 12.4. The van der Waals surface area contributed by atoms with Crippen molar-refractivity contribution in [3.63, 3.8) is 0 Å². The fourth-order valence-corrected chi connectivity index (χ4v) is 2.62. The van der Waals surface area contributed by atoms with Crippen molar-refractivity contribution in [2.75, 3.05) is 20.8 Å². The summed E-state index contributed by atoms with van der Waals surface area (Å²) in [6.45, 7) is 2.46. The lowest BCUT2D eigenvalue weighted by Crippen LogP contribution is -2.37. The van der Waals surface area contributed by atoms with Crippen LogP contribution in [0, 0.1) is 0 Å². The van der Waals surface area contributed by atoms with E-state index in [9.17, 15) is 9.59 Å². The molecule has 1 atom stereocenters. The van der Waals surface area contributed by atoms with E-state index in [1.165, 1.54) is 0 Å². The Balaban J connectivity index is 2.25. The van der Waals surface area contributed by atoms with E-state index in [0.717, 1.165) is 17.5 Å². The van der Waals surface area contributed by atoms with Gasteiger partial charge in [0.15, 0.2) is 0 Å². The number of primary amides is 1. The topological polar surface area (TPSA) is 90.6 Å². The molecule has 2 aromatic rings. The minimum absolute atomic E-state index is 0.0282. The second kappa shape index (κ2) is 9.01. The van der Waals surface area contributed by atoms with Crippen LogP contribution in [0.25, 0.3) is 11.1 Å². The molecule has 138 valence electrons. The van der Waals surface area contributed by atoms with Crippen molar-refractivity contribution in [3.8, 4) is 16.9 Å². The Kier molecular flexibility index (Phi) is 6.74. The smallest absolute Gasteiger partial charge is 0.251 e. The zero-order chi connectivity index (χ0) is 19.1. The number of nitrogens with two attached hydrogens (primary N) is 1. The Bertz CT molecular complexity index is 772. The van der Waals surface area contributed by atoms with Gasteiger partial charge < -0.3 is 20.5 Å². The summed E-state index contributed by atoms with van der Waals surface area (Å²) < 4.78 is 10.5. The van der Waals surface area contributed by atoms with Crippen molar-refractivity contribution in [1.82, 2.24) is 5.32 Å². The quantitative estimate of drug-likeness (QED) is 0.761. The summed E-state index contributed by atoms with van der Waals surface area (Å²) in [4.78, 5) is 23.8. The predicted octanol–water partition coefficient (Wildman–Crippen LogP) is 2.62. The molecule has 2 amide bonds. The largest absolute Gasteiger partial charge is 0.496 e. The van der Waals surface area contributed by atoms with Crippen molar-refractivity contribution < 1.29 is 19.1 Å². The molecule has 0 aliphatic carbocycles. The van der Waals surface area contributed by atoms with Gasteiger partial charge in [-0.3, -0.25) is 9.59 Å². The maximum absolute atomic E-state index is 12.4. The minimum atomic E-state index is -0.506. The molecule has 0 spiro atoms. The van der Waals surface area contributed by atoms with Crippen molar-refractivity contribution in [1.29, 1.82) is 0 Å². The van der Waals surface area contributed by atoms with Gasteiger partial charge in [-0.15, -0.1) is 0 Å². The molecule has 0 unspecified atom stereocenters. The highest BCUT2D eigenvalue weighted by molar-refractivity contribution is 5.96. The summed E-state index contributed by atoms with van der Waals surface area (Å²) in [5.41, 5.74) is 7.86. The molecule has 0 radical (unpaired) electrons. The number of hydrogen-bond acceptors (Lipinski definition) is 4. The van der Waals surface area contributed by atoms with Crippen LogP contribution in [0.3, 0.4) is 0 Å². The van der Waals surface area contributed by atoms with Crippen LogP contribution in [0.1, 0.15) is 34.1 Å². The Morgan fingerprint density at radius 3 is 2.27 bits per heavy atom. The van der Waals surface area contributed by atoms with Gasteiger partial charge in [0.25, 0.3) is 5.91 Å². The minimum Gasteiger partial charge on any atom is -0.496 e. The molecule has 0 fully saturated rings. The van der Waals surface area contributed by atoms with Gasteiger partial charge in [-0.2, -0.15) is 0 Å². The second-order valence-electron chi connectivity index (χ2n) is 5.89. The summed E-state index contributed by atoms with van der Waals surface area (Å²) in [6, 6.07) is 12.1. The molecule has 6 heteroatoms. The van der Waals surface area contributed by atoms with E-state index in [0.29, 0.717) is 23.5 Å². The van der Waals surface area contributed by atoms with Crippen molar-refractivity contribution in [2.45, 2.75) is 19.4 Å². The Hall–Kier alpha value is -2.86. The molecule has 0 aliphatic heterocycles. The number of methoxy groups -OCH3 is 2. The summed E-state index contributed by atoms with van der Waals surface area (Å²) in [6.07, 6.45) is 0.786. The standard InChI is InChI=1S/C20H24N2O4/c1-4-16(12-25-2)22-20(24)14-7-5-13(6-8-14)17-11-15(19(21)23)9-10-18(17)26-3/h5-11,16H,4,12H2,1-3H3,(H2,21,23)(H,22,24)/t16-/m0/s1. The molecule has 6 nitrogen and oxygen atoms in total.